The number of hydrogen-bond donors (Lipinski definition) is 1. The highest BCUT2D eigenvalue weighted by atomic mass is 16.2. The molecule has 1 heterocycles. The van der Waals surface area contributed by atoms with E-state index in [1.807, 2.05) is 6.08 Å². The van der Waals surface area contributed by atoms with E-state index in [9.17, 15) is 4.79 Å². The molecule has 4 heteroatoms. The van der Waals surface area contributed by atoms with Crippen LogP contribution < -0.4 is 5.32 Å². The highest BCUT2D eigenvalue weighted by molar-refractivity contribution is 5.78. The van der Waals surface area contributed by atoms with Crippen LogP contribution in [-0.4, -0.2) is 62.0 Å². The van der Waals surface area contributed by atoms with Crippen molar-refractivity contribution in [3.8, 4) is 0 Å². The van der Waals surface area contributed by atoms with Gasteiger partial charge < -0.3 is 15.1 Å². The number of carbonyl (C=O) groups excluding carboxylic acids is 1. The maximum Gasteiger partial charge on any atom is 0.222 e. The standard InChI is InChI=1S/C16H31N3O/c1-6-10-17-11-9-14-7-8-15(20)19(14)13-16(2,3)12-18(4)5/h6,14,17H,1,7-13H2,2-5H3/t14-/m0/s1. The number of hydrogen-bond acceptors (Lipinski definition) is 3. The first kappa shape index (κ1) is 17.2. The lowest BCUT2D eigenvalue weighted by Crippen LogP contribution is -2.44. The second-order valence-corrected chi connectivity index (χ2v) is 6.90. The minimum absolute atomic E-state index is 0.135. The van der Waals surface area contributed by atoms with Crippen molar-refractivity contribution >= 4 is 5.91 Å². The van der Waals surface area contributed by atoms with Crippen LogP contribution in [0.3, 0.4) is 0 Å². The molecule has 0 radical (unpaired) electrons. The fraction of sp³-hybridized carbons (Fsp3) is 0.812. The maximum atomic E-state index is 12.1. The van der Waals surface area contributed by atoms with Crippen LogP contribution in [0.1, 0.15) is 33.1 Å². The van der Waals surface area contributed by atoms with E-state index in [4.69, 9.17) is 0 Å². The van der Waals surface area contributed by atoms with Gasteiger partial charge in [-0.15, -0.1) is 6.58 Å². The zero-order valence-corrected chi connectivity index (χ0v) is 13.6. The van der Waals surface area contributed by atoms with Gasteiger partial charge in [0.05, 0.1) is 0 Å². The largest absolute Gasteiger partial charge is 0.339 e. The lowest BCUT2D eigenvalue weighted by molar-refractivity contribution is -0.130. The molecule has 1 atom stereocenters. The first-order chi connectivity index (χ1) is 9.35. The van der Waals surface area contributed by atoms with Crippen LogP contribution in [-0.2, 0) is 4.79 Å². The molecule has 0 bridgehead atoms. The van der Waals surface area contributed by atoms with E-state index in [-0.39, 0.29) is 5.41 Å². The molecule has 1 aliphatic heterocycles. The topological polar surface area (TPSA) is 35.6 Å². The molecule has 1 fully saturated rings. The van der Waals surface area contributed by atoms with Crippen molar-refractivity contribution in [1.82, 2.24) is 15.1 Å². The van der Waals surface area contributed by atoms with Gasteiger partial charge in [-0.2, -0.15) is 0 Å². The number of nitrogens with one attached hydrogen (secondary N) is 1. The zero-order valence-electron chi connectivity index (χ0n) is 13.6. The first-order valence-corrected chi connectivity index (χ1v) is 7.61. The van der Waals surface area contributed by atoms with Crippen LogP contribution in [0.5, 0.6) is 0 Å². The van der Waals surface area contributed by atoms with E-state index in [1.165, 1.54) is 0 Å². The first-order valence-electron chi connectivity index (χ1n) is 7.61. The quantitative estimate of drug-likeness (QED) is 0.516. The average Bonchev–Trinajstić information content (AvgIpc) is 2.65. The normalized spacial score (nSPS) is 19.9. The Morgan fingerprint density at radius 3 is 2.80 bits per heavy atom. The summed E-state index contributed by atoms with van der Waals surface area (Å²) in [6.07, 6.45) is 4.63. The lowest BCUT2D eigenvalue weighted by atomic mass is 9.91. The van der Waals surface area contributed by atoms with Crippen molar-refractivity contribution in [1.29, 1.82) is 0 Å². The molecule has 0 aromatic rings. The monoisotopic (exact) mass is 281 g/mol. The van der Waals surface area contributed by atoms with Gasteiger partial charge in [0.15, 0.2) is 0 Å². The Balaban J connectivity index is 2.51. The van der Waals surface area contributed by atoms with Gasteiger partial charge in [-0.1, -0.05) is 19.9 Å². The second kappa shape index (κ2) is 7.79. The van der Waals surface area contributed by atoms with Crippen molar-refractivity contribution in [2.45, 2.75) is 39.2 Å². The fourth-order valence-electron chi connectivity index (χ4n) is 3.15. The van der Waals surface area contributed by atoms with Gasteiger partial charge in [-0.05, 0) is 38.9 Å². The molecule has 0 spiro atoms. The number of rotatable bonds is 9. The van der Waals surface area contributed by atoms with Crippen LogP contribution in [0.25, 0.3) is 0 Å². The number of amides is 1. The highest BCUT2D eigenvalue weighted by Gasteiger charge is 2.34. The van der Waals surface area contributed by atoms with Crippen LogP contribution in [0.15, 0.2) is 12.7 Å². The maximum absolute atomic E-state index is 12.1. The molecule has 4 nitrogen and oxygen atoms in total. The van der Waals surface area contributed by atoms with Gasteiger partial charge in [-0.3, -0.25) is 4.79 Å². The third kappa shape index (κ3) is 5.63. The predicted molar refractivity (Wildman–Crippen MR) is 84.8 cm³/mol. The van der Waals surface area contributed by atoms with Crippen molar-refractivity contribution < 1.29 is 4.79 Å². The molecule has 0 aromatic heterocycles. The van der Waals surface area contributed by atoms with Gasteiger partial charge in [0, 0.05) is 32.1 Å². The molecular weight excluding hydrogens is 250 g/mol. The summed E-state index contributed by atoms with van der Waals surface area (Å²) in [5, 5.41) is 3.33. The summed E-state index contributed by atoms with van der Waals surface area (Å²) in [6, 6.07) is 0.404. The molecule has 1 N–H and O–H groups in total. The molecule has 0 saturated carbocycles. The molecule has 1 aliphatic rings. The lowest BCUT2D eigenvalue weighted by Gasteiger charge is -2.35. The Bertz CT molecular complexity index is 326. The fourth-order valence-corrected chi connectivity index (χ4v) is 3.15. The molecule has 20 heavy (non-hydrogen) atoms. The smallest absolute Gasteiger partial charge is 0.222 e. The zero-order chi connectivity index (χ0) is 15.2. The van der Waals surface area contributed by atoms with E-state index in [0.29, 0.717) is 18.4 Å². The summed E-state index contributed by atoms with van der Waals surface area (Å²) in [5.74, 6) is 0.325. The molecular formula is C16H31N3O. The van der Waals surface area contributed by atoms with Gasteiger partial charge in [0.25, 0.3) is 0 Å². The second-order valence-electron chi connectivity index (χ2n) is 6.90. The SMILES string of the molecule is C=CCNCC[C@@H]1CCC(=O)N1CC(C)(C)CN(C)C. The van der Waals surface area contributed by atoms with Crippen LogP contribution >= 0.6 is 0 Å². The molecule has 0 aliphatic carbocycles. The molecule has 1 rings (SSSR count). The summed E-state index contributed by atoms with van der Waals surface area (Å²) >= 11 is 0. The summed E-state index contributed by atoms with van der Waals surface area (Å²) in [7, 11) is 4.18. The summed E-state index contributed by atoms with van der Waals surface area (Å²) in [5.41, 5.74) is 0.135. The summed E-state index contributed by atoms with van der Waals surface area (Å²) in [6.45, 7) is 11.8. The van der Waals surface area contributed by atoms with E-state index < -0.39 is 0 Å². The minimum atomic E-state index is 0.135. The Hall–Kier alpha value is -0.870. The molecule has 1 saturated heterocycles. The molecule has 0 unspecified atom stereocenters. The van der Waals surface area contributed by atoms with Crippen molar-refractivity contribution in [3.05, 3.63) is 12.7 Å². The van der Waals surface area contributed by atoms with Crippen molar-refractivity contribution in [2.75, 3.05) is 40.3 Å². The van der Waals surface area contributed by atoms with Gasteiger partial charge in [0.2, 0.25) is 5.91 Å². The molecule has 0 aromatic carbocycles. The Kier molecular flexibility index (Phi) is 6.69. The molecule has 116 valence electrons. The van der Waals surface area contributed by atoms with E-state index in [1.54, 1.807) is 0 Å². The van der Waals surface area contributed by atoms with E-state index in [0.717, 1.165) is 39.0 Å². The Labute approximate surface area is 124 Å². The van der Waals surface area contributed by atoms with Gasteiger partial charge in [-0.25, -0.2) is 0 Å². The average molecular weight is 281 g/mol. The minimum Gasteiger partial charge on any atom is -0.339 e. The van der Waals surface area contributed by atoms with E-state index in [2.05, 4.69) is 49.6 Å². The number of likely N-dealkylation sites (tertiary alicyclic amines) is 1. The highest BCUT2D eigenvalue weighted by Crippen LogP contribution is 2.27. The van der Waals surface area contributed by atoms with Crippen molar-refractivity contribution in [3.63, 3.8) is 0 Å². The van der Waals surface area contributed by atoms with Crippen LogP contribution in [0.4, 0.5) is 0 Å². The third-order valence-corrected chi connectivity index (χ3v) is 3.74. The molecule has 1 amide bonds. The van der Waals surface area contributed by atoms with Gasteiger partial charge in [0.1, 0.15) is 0 Å². The Morgan fingerprint density at radius 1 is 1.50 bits per heavy atom. The van der Waals surface area contributed by atoms with Crippen molar-refractivity contribution in [2.24, 2.45) is 5.41 Å². The number of nitrogens with zero attached hydrogens (tertiary/aromatic N) is 2. The summed E-state index contributed by atoms with van der Waals surface area (Å²) in [4.78, 5) is 16.4. The van der Waals surface area contributed by atoms with Crippen LogP contribution in [0, 0.1) is 5.41 Å². The van der Waals surface area contributed by atoms with Crippen LogP contribution in [0.2, 0.25) is 0 Å². The third-order valence-electron chi connectivity index (χ3n) is 3.74. The summed E-state index contributed by atoms with van der Waals surface area (Å²) < 4.78 is 0. The predicted octanol–water partition coefficient (Wildman–Crippen LogP) is 1.73. The number of carbonyl (C=O) groups is 1. The Morgan fingerprint density at radius 2 is 2.20 bits per heavy atom. The van der Waals surface area contributed by atoms with Gasteiger partial charge >= 0.3 is 0 Å². The van der Waals surface area contributed by atoms with E-state index >= 15 is 0 Å².